The molecular formula is C31H40F3N3O4. The van der Waals surface area contributed by atoms with Gasteiger partial charge in [0.25, 0.3) is 17.4 Å². The fourth-order valence-corrected chi connectivity index (χ4v) is 5.96. The number of carbonyl (C=O) groups excluding carboxylic acids is 2. The first-order valence-corrected chi connectivity index (χ1v) is 14.3. The van der Waals surface area contributed by atoms with Crippen LogP contribution in [0.1, 0.15) is 54.9 Å². The van der Waals surface area contributed by atoms with Crippen molar-refractivity contribution in [3.05, 3.63) is 59.7 Å². The van der Waals surface area contributed by atoms with Crippen LogP contribution >= 0.6 is 0 Å². The molecule has 7 nitrogen and oxygen atoms in total. The van der Waals surface area contributed by atoms with E-state index < -0.39 is 23.2 Å². The van der Waals surface area contributed by atoms with Gasteiger partial charge in [-0.25, -0.2) is 0 Å². The van der Waals surface area contributed by atoms with Crippen molar-refractivity contribution >= 4 is 17.5 Å². The molecule has 2 heterocycles. The molecule has 0 spiro atoms. The molecule has 41 heavy (non-hydrogen) atoms. The second-order valence-corrected chi connectivity index (χ2v) is 11.3. The maximum absolute atomic E-state index is 14.2. The van der Waals surface area contributed by atoms with Crippen molar-refractivity contribution in [2.75, 3.05) is 51.8 Å². The number of carbonyl (C=O) groups is 2. The maximum atomic E-state index is 14.2. The molecule has 2 saturated heterocycles. The van der Waals surface area contributed by atoms with Gasteiger partial charge < -0.3 is 24.5 Å². The minimum absolute atomic E-state index is 0.0260. The van der Waals surface area contributed by atoms with Gasteiger partial charge in [-0.3, -0.25) is 9.59 Å². The molecule has 4 rings (SSSR count). The van der Waals surface area contributed by atoms with E-state index in [-0.39, 0.29) is 31.4 Å². The minimum Gasteiger partial charge on any atom is -0.494 e. The number of likely N-dealkylation sites (tertiary alicyclic amines) is 1. The van der Waals surface area contributed by atoms with E-state index in [1.54, 1.807) is 25.9 Å². The van der Waals surface area contributed by atoms with Crippen LogP contribution in [0.5, 0.6) is 5.75 Å². The standard InChI is InChI=1S/C31H40F3N3O4/c1-4-41-27-7-5-6-25(21-27)30(40,31(32,33)34)29(39)37-18-14-23(15-19-37)20-22-12-16-36(17-13-22)26-10-8-24(9-11-26)28(38)35(2)3/h5-11,21-23,40H,4,12-20H2,1-3H3/t30-/m1/s1. The molecule has 2 aromatic rings. The summed E-state index contributed by atoms with van der Waals surface area (Å²) in [6, 6.07) is 12.7. The number of halogens is 3. The smallest absolute Gasteiger partial charge is 0.430 e. The largest absolute Gasteiger partial charge is 0.494 e. The van der Waals surface area contributed by atoms with E-state index in [1.807, 2.05) is 24.3 Å². The summed E-state index contributed by atoms with van der Waals surface area (Å²) in [6.45, 7) is 4.13. The number of benzene rings is 2. The minimum atomic E-state index is -5.18. The Morgan fingerprint density at radius 1 is 0.951 bits per heavy atom. The molecule has 10 heteroatoms. The molecule has 224 valence electrons. The number of piperidine rings is 2. The SMILES string of the molecule is CCOc1cccc([C@@](O)(C(=O)N2CCC(CC3CCN(c4ccc(C(=O)N(C)C)cc4)CC3)CC2)C(F)(F)F)c1. The van der Waals surface area contributed by atoms with Gasteiger partial charge >= 0.3 is 6.18 Å². The Morgan fingerprint density at radius 2 is 1.54 bits per heavy atom. The summed E-state index contributed by atoms with van der Waals surface area (Å²) in [7, 11) is 3.46. The fourth-order valence-electron chi connectivity index (χ4n) is 5.96. The highest BCUT2D eigenvalue weighted by Gasteiger charge is 2.62. The lowest BCUT2D eigenvalue weighted by molar-refractivity contribution is -0.262. The normalized spacial score (nSPS) is 18.6. The third-order valence-corrected chi connectivity index (χ3v) is 8.35. The number of ether oxygens (including phenoxy) is 1. The van der Waals surface area contributed by atoms with E-state index >= 15 is 0 Å². The first-order valence-electron chi connectivity index (χ1n) is 14.3. The second-order valence-electron chi connectivity index (χ2n) is 11.3. The van der Waals surface area contributed by atoms with E-state index in [0.29, 0.717) is 30.2 Å². The van der Waals surface area contributed by atoms with Crippen molar-refractivity contribution in [1.29, 1.82) is 0 Å². The number of nitrogens with zero attached hydrogens (tertiary/aromatic N) is 3. The number of amides is 2. The van der Waals surface area contributed by atoms with Crippen molar-refractivity contribution in [3.63, 3.8) is 0 Å². The Bertz CT molecular complexity index is 1190. The molecule has 2 aliphatic rings. The van der Waals surface area contributed by atoms with Gasteiger partial charge in [0.1, 0.15) is 5.75 Å². The lowest BCUT2D eigenvalue weighted by Gasteiger charge is -2.40. The Kier molecular flexibility index (Phi) is 9.51. The average molecular weight is 576 g/mol. The number of aliphatic hydroxyl groups is 1. The van der Waals surface area contributed by atoms with Crippen LogP contribution in [0, 0.1) is 11.8 Å². The van der Waals surface area contributed by atoms with Gasteiger partial charge in [0, 0.05) is 57.1 Å². The summed E-state index contributed by atoms with van der Waals surface area (Å²) in [5.74, 6) is -0.346. The summed E-state index contributed by atoms with van der Waals surface area (Å²) in [4.78, 5) is 30.4. The average Bonchev–Trinajstić information content (AvgIpc) is 2.96. The Hall–Kier alpha value is -3.27. The molecule has 2 aliphatic heterocycles. The van der Waals surface area contributed by atoms with Crippen LogP contribution in [-0.4, -0.2) is 79.8 Å². The Labute approximate surface area is 239 Å². The molecule has 0 aromatic heterocycles. The lowest BCUT2D eigenvalue weighted by Crippen LogP contribution is -2.57. The third-order valence-electron chi connectivity index (χ3n) is 8.35. The number of alkyl halides is 3. The maximum Gasteiger partial charge on any atom is 0.430 e. The van der Waals surface area contributed by atoms with Crippen molar-refractivity contribution < 1.29 is 32.6 Å². The Morgan fingerprint density at radius 3 is 2.07 bits per heavy atom. The summed E-state index contributed by atoms with van der Waals surface area (Å²) in [6.07, 6.45) is -0.947. The van der Waals surface area contributed by atoms with Gasteiger partial charge in [-0.2, -0.15) is 13.2 Å². The molecule has 0 aliphatic carbocycles. The number of hydrogen-bond acceptors (Lipinski definition) is 5. The van der Waals surface area contributed by atoms with Crippen molar-refractivity contribution in [2.24, 2.45) is 11.8 Å². The summed E-state index contributed by atoms with van der Waals surface area (Å²) in [5.41, 5.74) is -2.41. The molecular weight excluding hydrogens is 535 g/mol. The fraction of sp³-hybridized carbons (Fsp3) is 0.548. The van der Waals surface area contributed by atoms with E-state index in [4.69, 9.17) is 4.74 Å². The van der Waals surface area contributed by atoms with E-state index in [9.17, 15) is 27.9 Å². The first kappa shape index (κ1) is 30.7. The lowest BCUT2D eigenvalue weighted by atomic mass is 9.82. The molecule has 1 atom stereocenters. The molecule has 0 unspecified atom stereocenters. The van der Waals surface area contributed by atoms with Crippen LogP contribution in [0.25, 0.3) is 0 Å². The van der Waals surface area contributed by atoms with E-state index in [2.05, 4.69) is 4.90 Å². The highest BCUT2D eigenvalue weighted by atomic mass is 19.4. The Balaban J connectivity index is 1.30. The summed E-state index contributed by atoms with van der Waals surface area (Å²) >= 11 is 0. The number of anilines is 1. The summed E-state index contributed by atoms with van der Waals surface area (Å²) in [5, 5.41) is 10.8. The number of hydrogen-bond donors (Lipinski definition) is 1. The first-order chi connectivity index (χ1) is 19.4. The van der Waals surface area contributed by atoms with Crippen LogP contribution < -0.4 is 9.64 Å². The molecule has 0 radical (unpaired) electrons. The molecule has 1 N–H and O–H groups in total. The van der Waals surface area contributed by atoms with Gasteiger partial charge in [0.2, 0.25) is 0 Å². The molecule has 2 fully saturated rings. The van der Waals surface area contributed by atoms with Crippen molar-refractivity contribution in [2.45, 2.75) is 50.8 Å². The van der Waals surface area contributed by atoms with Crippen molar-refractivity contribution in [3.8, 4) is 5.75 Å². The van der Waals surface area contributed by atoms with E-state index in [0.717, 1.165) is 55.1 Å². The van der Waals surface area contributed by atoms with Crippen LogP contribution in [0.4, 0.5) is 18.9 Å². The highest BCUT2D eigenvalue weighted by molar-refractivity contribution is 5.94. The number of rotatable bonds is 8. The molecule has 0 bridgehead atoms. The topological polar surface area (TPSA) is 73.3 Å². The van der Waals surface area contributed by atoms with Gasteiger partial charge in [0.15, 0.2) is 0 Å². The van der Waals surface area contributed by atoms with Crippen molar-refractivity contribution in [1.82, 2.24) is 9.80 Å². The van der Waals surface area contributed by atoms with E-state index in [1.165, 1.54) is 12.1 Å². The zero-order chi connectivity index (χ0) is 29.8. The zero-order valence-corrected chi connectivity index (χ0v) is 24.0. The quantitative estimate of drug-likeness (QED) is 0.475. The predicted octanol–water partition coefficient (Wildman–Crippen LogP) is 5.08. The monoisotopic (exact) mass is 575 g/mol. The molecule has 2 aromatic carbocycles. The van der Waals surface area contributed by atoms with Crippen LogP contribution in [-0.2, 0) is 10.4 Å². The van der Waals surface area contributed by atoms with Gasteiger partial charge in [0.05, 0.1) is 6.61 Å². The highest BCUT2D eigenvalue weighted by Crippen LogP contribution is 2.42. The van der Waals surface area contributed by atoms with Crippen LogP contribution in [0.3, 0.4) is 0 Å². The predicted molar refractivity (Wildman–Crippen MR) is 151 cm³/mol. The van der Waals surface area contributed by atoms with Gasteiger partial charge in [-0.1, -0.05) is 12.1 Å². The van der Waals surface area contributed by atoms with Crippen LogP contribution in [0.15, 0.2) is 48.5 Å². The zero-order valence-electron chi connectivity index (χ0n) is 24.0. The molecule has 0 saturated carbocycles. The second kappa shape index (κ2) is 12.7. The van der Waals surface area contributed by atoms with Gasteiger partial charge in [-0.05, 0) is 87.3 Å². The third kappa shape index (κ3) is 6.80. The van der Waals surface area contributed by atoms with Gasteiger partial charge in [-0.15, -0.1) is 0 Å². The van der Waals surface area contributed by atoms with Crippen LogP contribution in [0.2, 0.25) is 0 Å². The summed E-state index contributed by atoms with van der Waals surface area (Å²) < 4.78 is 47.8. The molecule has 2 amide bonds.